The molecule has 0 bridgehead atoms. The van der Waals surface area contributed by atoms with E-state index >= 15 is 0 Å². The van der Waals surface area contributed by atoms with Crippen molar-refractivity contribution in [3.8, 4) is 11.3 Å². The van der Waals surface area contributed by atoms with E-state index in [1.54, 1.807) is 11.1 Å². The molecule has 0 unspecified atom stereocenters. The summed E-state index contributed by atoms with van der Waals surface area (Å²) in [5.41, 5.74) is 0.308. The molecular weight excluding hydrogens is 436 g/mol. The molecule has 2 aromatic rings. The highest BCUT2D eigenvalue weighted by molar-refractivity contribution is 5.69. The van der Waals surface area contributed by atoms with Gasteiger partial charge >= 0.3 is 12.1 Å². The number of anilines is 1. The molecule has 0 radical (unpaired) electrons. The van der Waals surface area contributed by atoms with E-state index in [4.69, 9.17) is 4.74 Å². The van der Waals surface area contributed by atoms with Crippen LogP contribution in [0, 0.1) is 5.41 Å². The standard InChI is InChI=1S/C25H32N4O5/c1-24(2,3)34-23(33)27-12-9-25(10-13-27)11-14-28(17-25)21-22(32)29(16-20(30)31)19(15-26-21)18-7-5-4-6-8-18/h4-8,15H,9-14,16-17H2,1-3H3,(H,30,31). The molecule has 4 rings (SSSR count). The highest BCUT2D eigenvalue weighted by Gasteiger charge is 2.43. The molecule has 2 aliphatic heterocycles. The highest BCUT2D eigenvalue weighted by Crippen LogP contribution is 2.41. The molecule has 34 heavy (non-hydrogen) atoms. The Balaban J connectivity index is 1.52. The molecule has 2 aliphatic rings. The van der Waals surface area contributed by atoms with Crippen molar-refractivity contribution < 1.29 is 19.4 Å². The number of aromatic nitrogens is 2. The van der Waals surface area contributed by atoms with E-state index in [2.05, 4.69) is 4.98 Å². The lowest BCUT2D eigenvalue weighted by molar-refractivity contribution is -0.137. The van der Waals surface area contributed by atoms with Gasteiger partial charge in [-0.1, -0.05) is 30.3 Å². The van der Waals surface area contributed by atoms with Crippen LogP contribution >= 0.6 is 0 Å². The predicted octanol–water partition coefficient (Wildman–Crippen LogP) is 3.22. The Morgan fingerprint density at radius 2 is 1.74 bits per heavy atom. The van der Waals surface area contributed by atoms with Crippen molar-refractivity contribution in [2.45, 2.75) is 52.2 Å². The summed E-state index contributed by atoms with van der Waals surface area (Å²) in [7, 11) is 0. The fraction of sp³-hybridized carbons (Fsp3) is 0.520. The summed E-state index contributed by atoms with van der Waals surface area (Å²) in [6.45, 7) is 7.72. The predicted molar refractivity (Wildman–Crippen MR) is 128 cm³/mol. The summed E-state index contributed by atoms with van der Waals surface area (Å²) in [5, 5.41) is 9.42. The molecule has 1 amide bonds. The molecule has 1 aromatic heterocycles. The van der Waals surface area contributed by atoms with Crippen LogP contribution in [0.2, 0.25) is 0 Å². The van der Waals surface area contributed by atoms with Crippen LogP contribution in [0.5, 0.6) is 0 Å². The number of ether oxygens (including phenoxy) is 1. The number of rotatable bonds is 4. The van der Waals surface area contributed by atoms with Gasteiger partial charge in [0.25, 0.3) is 5.56 Å². The molecule has 1 aromatic carbocycles. The Morgan fingerprint density at radius 3 is 2.35 bits per heavy atom. The van der Waals surface area contributed by atoms with Crippen molar-refractivity contribution in [1.82, 2.24) is 14.5 Å². The number of piperidine rings is 1. The maximum absolute atomic E-state index is 13.4. The summed E-state index contributed by atoms with van der Waals surface area (Å²) in [6.07, 6.45) is 3.86. The molecular formula is C25H32N4O5. The number of carboxylic acids is 1. The van der Waals surface area contributed by atoms with Crippen molar-refractivity contribution in [1.29, 1.82) is 0 Å². The zero-order valence-electron chi connectivity index (χ0n) is 20.0. The molecule has 182 valence electrons. The number of carbonyl (C=O) groups excluding carboxylic acids is 1. The molecule has 1 spiro atoms. The summed E-state index contributed by atoms with van der Waals surface area (Å²) in [4.78, 5) is 45.5. The lowest BCUT2D eigenvalue weighted by Crippen LogP contribution is -2.46. The third-order valence-corrected chi connectivity index (χ3v) is 6.61. The van der Waals surface area contributed by atoms with Gasteiger partial charge in [-0.3, -0.25) is 14.2 Å². The summed E-state index contributed by atoms with van der Waals surface area (Å²) in [5.74, 6) is -0.795. The molecule has 9 nitrogen and oxygen atoms in total. The lowest BCUT2D eigenvalue weighted by atomic mass is 9.78. The van der Waals surface area contributed by atoms with Crippen molar-refractivity contribution in [3.05, 3.63) is 46.9 Å². The third-order valence-electron chi connectivity index (χ3n) is 6.61. The summed E-state index contributed by atoms with van der Waals surface area (Å²) >= 11 is 0. The highest BCUT2D eigenvalue weighted by atomic mass is 16.6. The van der Waals surface area contributed by atoms with Crippen LogP contribution in [-0.2, 0) is 16.1 Å². The quantitative estimate of drug-likeness (QED) is 0.734. The number of benzene rings is 1. The topological polar surface area (TPSA) is 105 Å². The fourth-order valence-corrected chi connectivity index (χ4v) is 4.84. The van der Waals surface area contributed by atoms with E-state index in [1.165, 1.54) is 4.57 Å². The number of carbonyl (C=O) groups is 2. The number of aliphatic carboxylic acids is 1. The van der Waals surface area contributed by atoms with E-state index < -0.39 is 23.7 Å². The minimum absolute atomic E-state index is 0.00234. The van der Waals surface area contributed by atoms with E-state index in [9.17, 15) is 19.5 Å². The Bertz CT molecular complexity index is 1110. The van der Waals surface area contributed by atoms with E-state index in [0.29, 0.717) is 31.9 Å². The lowest BCUT2D eigenvalue weighted by Gasteiger charge is -2.39. The van der Waals surface area contributed by atoms with Gasteiger partial charge in [0.05, 0.1) is 11.9 Å². The van der Waals surface area contributed by atoms with Gasteiger partial charge in [-0.05, 0) is 51.0 Å². The van der Waals surface area contributed by atoms with Gasteiger partial charge in [0, 0.05) is 26.2 Å². The first-order valence-electron chi connectivity index (χ1n) is 11.7. The van der Waals surface area contributed by atoms with Crippen LogP contribution < -0.4 is 10.5 Å². The molecule has 3 heterocycles. The van der Waals surface area contributed by atoms with Crippen LogP contribution in [0.25, 0.3) is 11.3 Å². The second kappa shape index (κ2) is 9.12. The second-order valence-corrected chi connectivity index (χ2v) is 10.3. The van der Waals surface area contributed by atoms with Gasteiger partial charge in [0.15, 0.2) is 5.82 Å². The second-order valence-electron chi connectivity index (χ2n) is 10.3. The van der Waals surface area contributed by atoms with Crippen molar-refractivity contribution in [2.75, 3.05) is 31.1 Å². The van der Waals surface area contributed by atoms with E-state index in [1.807, 2.05) is 56.0 Å². The number of hydrogen-bond acceptors (Lipinski definition) is 6. The number of amides is 1. The van der Waals surface area contributed by atoms with Gasteiger partial charge in [0.2, 0.25) is 0 Å². The van der Waals surface area contributed by atoms with Crippen molar-refractivity contribution in [3.63, 3.8) is 0 Å². The van der Waals surface area contributed by atoms with Gasteiger partial charge in [-0.15, -0.1) is 0 Å². The Hall–Kier alpha value is -3.36. The van der Waals surface area contributed by atoms with Crippen LogP contribution in [0.1, 0.15) is 40.0 Å². The average molecular weight is 469 g/mol. The fourth-order valence-electron chi connectivity index (χ4n) is 4.84. The normalized spacial score (nSPS) is 17.7. The zero-order chi connectivity index (χ0) is 24.5. The molecule has 9 heteroatoms. The molecule has 1 N–H and O–H groups in total. The zero-order valence-corrected chi connectivity index (χ0v) is 20.0. The van der Waals surface area contributed by atoms with E-state index in [-0.39, 0.29) is 17.3 Å². The van der Waals surface area contributed by atoms with Gasteiger partial charge in [-0.2, -0.15) is 0 Å². The Kier molecular flexibility index (Phi) is 6.38. The van der Waals surface area contributed by atoms with Crippen molar-refractivity contribution in [2.24, 2.45) is 5.41 Å². The molecule has 0 atom stereocenters. The summed E-state index contributed by atoms with van der Waals surface area (Å²) in [6, 6.07) is 9.21. The largest absolute Gasteiger partial charge is 0.480 e. The van der Waals surface area contributed by atoms with Crippen molar-refractivity contribution >= 4 is 17.9 Å². The Morgan fingerprint density at radius 1 is 1.09 bits per heavy atom. The van der Waals surface area contributed by atoms with Gasteiger partial charge in [-0.25, -0.2) is 9.78 Å². The smallest absolute Gasteiger partial charge is 0.410 e. The summed E-state index contributed by atoms with van der Waals surface area (Å²) < 4.78 is 6.79. The van der Waals surface area contributed by atoms with Crippen LogP contribution in [-0.4, -0.2) is 63.4 Å². The third kappa shape index (κ3) is 5.08. The maximum atomic E-state index is 13.4. The molecule has 2 saturated heterocycles. The molecule has 0 saturated carbocycles. The van der Waals surface area contributed by atoms with Crippen LogP contribution in [0.3, 0.4) is 0 Å². The Labute approximate surface area is 199 Å². The van der Waals surface area contributed by atoms with Crippen LogP contribution in [0.4, 0.5) is 10.6 Å². The minimum Gasteiger partial charge on any atom is -0.480 e. The van der Waals surface area contributed by atoms with Gasteiger partial charge in [0.1, 0.15) is 12.1 Å². The van der Waals surface area contributed by atoms with Gasteiger partial charge < -0.3 is 19.6 Å². The SMILES string of the molecule is CC(C)(C)OC(=O)N1CCC2(CC1)CCN(c1ncc(-c3ccccc3)n(CC(=O)O)c1=O)C2. The number of carboxylic acid groups (broad SMARTS) is 1. The first-order chi connectivity index (χ1) is 16.1. The number of likely N-dealkylation sites (tertiary alicyclic amines) is 1. The molecule has 0 aliphatic carbocycles. The number of nitrogens with zero attached hydrogens (tertiary/aromatic N) is 4. The maximum Gasteiger partial charge on any atom is 0.410 e. The first kappa shape index (κ1) is 23.8. The number of hydrogen-bond donors (Lipinski definition) is 1. The minimum atomic E-state index is -1.08. The van der Waals surface area contributed by atoms with E-state index in [0.717, 1.165) is 24.8 Å². The molecule has 2 fully saturated rings. The van der Waals surface area contributed by atoms with Crippen LogP contribution in [0.15, 0.2) is 41.3 Å². The first-order valence-corrected chi connectivity index (χ1v) is 11.7. The average Bonchev–Trinajstić information content (AvgIpc) is 3.18. The monoisotopic (exact) mass is 468 g/mol.